The number of hydrogen-bond acceptors (Lipinski definition) is 2. The van der Waals surface area contributed by atoms with Crippen molar-refractivity contribution in [3.63, 3.8) is 0 Å². The van der Waals surface area contributed by atoms with Crippen molar-refractivity contribution in [3.05, 3.63) is 46.8 Å². The fourth-order valence-electron chi connectivity index (χ4n) is 2.84. The Morgan fingerprint density at radius 3 is 3.00 bits per heavy atom. The van der Waals surface area contributed by atoms with Gasteiger partial charge in [0.2, 0.25) is 0 Å². The zero-order chi connectivity index (χ0) is 14.1. The molecule has 20 heavy (non-hydrogen) atoms. The molecule has 0 spiro atoms. The van der Waals surface area contributed by atoms with Crippen LogP contribution in [0.1, 0.15) is 36.1 Å². The average Bonchev–Trinajstić information content (AvgIpc) is 2.78. The van der Waals surface area contributed by atoms with Crippen molar-refractivity contribution in [2.24, 2.45) is 0 Å². The minimum Gasteiger partial charge on any atom is -0.311 e. The van der Waals surface area contributed by atoms with Crippen molar-refractivity contribution < 1.29 is 4.39 Å². The minimum atomic E-state index is -0.166. The quantitative estimate of drug-likeness (QED) is 0.932. The van der Waals surface area contributed by atoms with Gasteiger partial charge in [-0.05, 0) is 31.0 Å². The molecule has 1 aliphatic rings. The van der Waals surface area contributed by atoms with Crippen molar-refractivity contribution in [2.75, 3.05) is 6.54 Å². The molecule has 0 radical (unpaired) electrons. The molecule has 3 rings (SSSR count). The molecule has 0 saturated carbocycles. The third-order valence-electron chi connectivity index (χ3n) is 3.77. The molecule has 0 amide bonds. The molecule has 0 saturated heterocycles. The largest absolute Gasteiger partial charge is 0.311 e. The molecular formula is C16H20FN3. The van der Waals surface area contributed by atoms with Crippen molar-refractivity contribution in [3.8, 4) is 5.69 Å². The summed E-state index contributed by atoms with van der Waals surface area (Å²) < 4.78 is 16.4. The average molecular weight is 273 g/mol. The van der Waals surface area contributed by atoms with Gasteiger partial charge in [-0.2, -0.15) is 0 Å². The van der Waals surface area contributed by atoms with Gasteiger partial charge in [-0.3, -0.25) is 4.57 Å². The molecule has 1 aliphatic heterocycles. The first-order valence-electron chi connectivity index (χ1n) is 7.27. The summed E-state index contributed by atoms with van der Waals surface area (Å²) in [5, 5.41) is 3.33. The van der Waals surface area contributed by atoms with Crippen LogP contribution in [-0.4, -0.2) is 16.1 Å². The van der Waals surface area contributed by atoms with E-state index in [-0.39, 0.29) is 5.82 Å². The zero-order valence-electron chi connectivity index (χ0n) is 12.0. The van der Waals surface area contributed by atoms with Crippen LogP contribution in [0.3, 0.4) is 0 Å². The number of aromatic nitrogens is 2. The number of nitrogens with zero attached hydrogens (tertiary/aromatic N) is 2. The summed E-state index contributed by atoms with van der Waals surface area (Å²) in [7, 11) is 0. The number of nitrogens with one attached hydrogen (secondary N) is 1. The highest BCUT2D eigenvalue weighted by molar-refractivity contribution is 5.41. The summed E-state index contributed by atoms with van der Waals surface area (Å²) >= 11 is 0. The number of halogens is 1. The van der Waals surface area contributed by atoms with Gasteiger partial charge in [0, 0.05) is 31.6 Å². The highest BCUT2D eigenvalue weighted by atomic mass is 19.1. The van der Waals surface area contributed by atoms with Crippen LogP contribution >= 0.6 is 0 Å². The Kier molecular flexibility index (Phi) is 3.57. The van der Waals surface area contributed by atoms with E-state index in [1.807, 2.05) is 23.6 Å². The molecule has 2 aromatic rings. The number of rotatable bonds is 3. The zero-order valence-corrected chi connectivity index (χ0v) is 12.0. The Morgan fingerprint density at radius 2 is 2.25 bits per heavy atom. The van der Waals surface area contributed by atoms with Gasteiger partial charge in [-0.1, -0.05) is 13.0 Å². The monoisotopic (exact) mass is 273 g/mol. The Balaban J connectivity index is 2.17. The summed E-state index contributed by atoms with van der Waals surface area (Å²) in [6, 6.07) is 5.42. The van der Waals surface area contributed by atoms with Gasteiger partial charge in [0.15, 0.2) is 0 Å². The topological polar surface area (TPSA) is 29.9 Å². The highest BCUT2D eigenvalue weighted by Gasteiger charge is 2.21. The Hall–Kier alpha value is -1.68. The predicted octanol–water partition coefficient (Wildman–Crippen LogP) is 2.92. The second-order valence-electron chi connectivity index (χ2n) is 5.39. The molecule has 0 unspecified atom stereocenters. The first-order chi connectivity index (χ1) is 9.70. The fraction of sp³-hybridized carbons (Fsp3) is 0.438. The highest BCUT2D eigenvalue weighted by Crippen LogP contribution is 2.24. The van der Waals surface area contributed by atoms with Crippen LogP contribution in [-0.2, 0) is 19.4 Å². The molecule has 0 fully saturated rings. The second kappa shape index (κ2) is 5.37. The molecule has 106 valence electrons. The van der Waals surface area contributed by atoms with Gasteiger partial charge < -0.3 is 5.32 Å². The number of hydrogen-bond donors (Lipinski definition) is 1. The van der Waals surface area contributed by atoms with E-state index in [9.17, 15) is 4.39 Å². The van der Waals surface area contributed by atoms with Gasteiger partial charge in [-0.25, -0.2) is 9.37 Å². The van der Waals surface area contributed by atoms with Crippen LogP contribution in [0.25, 0.3) is 5.69 Å². The second-order valence-corrected chi connectivity index (χ2v) is 5.39. The van der Waals surface area contributed by atoms with Gasteiger partial charge >= 0.3 is 0 Å². The van der Waals surface area contributed by atoms with E-state index < -0.39 is 0 Å². The van der Waals surface area contributed by atoms with Crippen molar-refractivity contribution in [1.29, 1.82) is 0 Å². The number of benzene rings is 1. The molecular weight excluding hydrogens is 253 g/mol. The molecule has 3 nitrogen and oxygen atoms in total. The Labute approximate surface area is 118 Å². The van der Waals surface area contributed by atoms with E-state index >= 15 is 0 Å². The molecule has 0 atom stereocenters. The van der Waals surface area contributed by atoms with Crippen LogP contribution in [0.2, 0.25) is 0 Å². The van der Waals surface area contributed by atoms with E-state index in [2.05, 4.69) is 12.2 Å². The third kappa shape index (κ3) is 2.24. The van der Waals surface area contributed by atoms with Crippen molar-refractivity contribution >= 4 is 0 Å². The third-order valence-corrected chi connectivity index (χ3v) is 3.77. The van der Waals surface area contributed by atoms with Crippen molar-refractivity contribution in [2.45, 2.75) is 39.7 Å². The van der Waals surface area contributed by atoms with Gasteiger partial charge in [-0.15, -0.1) is 0 Å². The van der Waals surface area contributed by atoms with Crippen LogP contribution in [0, 0.1) is 12.7 Å². The maximum atomic E-state index is 14.3. The van der Waals surface area contributed by atoms with Crippen LogP contribution in [0.15, 0.2) is 18.2 Å². The summed E-state index contributed by atoms with van der Waals surface area (Å²) in [6.45, 7) is 5.75. The lowest BCUT2D eigenvalue weighted by Crippen LogP contribution is -2.25. The van der Waals surface area contributed by atoms with Crippen LogP contribution in [0.5, 0.6) is 0 Å². The van der Waals surface area contributed by atoms with Gasteiger partial charge in [0.1, 0.15) is 11.6 Å². The fourth-order valence-corrected chi connectivity index (χ4v) is 2.84. The van der Waals surface area contributed by atoms with Gasteiger partial charge in [0.25, 0.3) is 0 Å². The molecule has 1 N–H and O–H groups in total. The smallest absolute Gasteiger partial charge is 0.147 e. The van der Waals surface area contributed by atoms with E-state index in [1.165, 1.54) is 0 Å². The van der Waals surface area contributed by atoms with E-state index in [0.29, 0.717) is 5.69 Å². The summed E-state index contributed by atoms with van der Waals surface area (Å²) in [4.78, 5) is 4.71. The molecule has 4 heteroatoms. The molecule has 0 bridgehead atoms. The van der Waals surface area contributed by atoms with E-state index in [0.717, 1.165) is 55.1 Å². The SMILES string of the molecule is CCCc1nc2c(n1-c1ccc(C)cc1F)CCNC2. The number of fused-ring (bicyclic) bond motifs is 1. The normalized spacial score (nSPS) is 14.3. The summed E-state index contributed by atoms with van der Waals surface area (Å²) in [5.41, 5.74) is 3.81. The first-order valence-corrected chi connectivity index (χ1v) is 7.27. The summed E-state index contributed by atoms with van der Waals surface area (Å²) in [5.74, 6) is 0.810. The van der Waals surface area contributed by atoms with Crippen molar-refractivity contribution in [1.82, 2.24) is 14.9 Å². The lowest BCUT2D eigenvalue weighted by Gasteiger charge is -2.17. The molecule has 2 heterocycles. The maximum Gasteiger partial charge on any atom is 0.147 e. The summed E-state index contributed by atoms with van der Waals surface area (Å²) in [6.07, 6.45) is 2.79. The standard InChI is InChI=1S/C16H20FN3/c1-3-4-16-19-13-10-18-8-7-15(13)20(16)14-6-5-11(2)9-12(14)17/h5-6,9,18H,3-4,7-8,10H2,1-2H3. The minimum absolute atomic E-state index is 0.166. The van der Waals surface area contributed by atoms with E-state index in [4.69, 9.17) is 4.98 Å². The maximum absolute atomic E-state index is 14.3. The van der Waals surface area contributed by atoms with Gasteiger partial charge in [0.05, 0.1) is 11.4 Å². The lowest BCUT2D eigenvalue weighted by molar-refractivity contribution is 0.596. The lowest BCUT2D eigenvalue weighted by atomic mass is 10.1. The molecule has 1 aromatic heterocycles. The predicted molar refractivity (Wildman–Crippen MR) is 77.7 cm³/mol. The van der Waals surface area contributed by atoms with Crippen LogP contribution in [0.4, 0.5) is 4.39 Å². The number of imidazole rings is 1. The molecule has 0 aliphatic carbocycles. The van der Waals surface area contributed by atoms with E-state index in [1.54, 1.807) is 6.07 Å². The first kappa shape index (κ1) is 13.3. The van der Waals surface area contributed by atoms with Crippen LogP contribution < -0.4 is 5.32 Å². The Bertz CT molecular complexity index is 631. The Morgan fingerprint density at radius 1 is 1.40 bits per heavy atom. The number of aryl methyl sites for hydroxylation is 2. The molecule has 1 aromatic carbocycles.